The van der Waals surface area contributed by atoms with E-state index in [1.54, 1.807) is 39.8 Å². The van der Waals surface area contributed by atoms with Gasteiger partial charge in [0.1, 0.15) is 10.9 Å². The van der Waals surface area contributed by atoms with E-state index in [1.807, 2.05) is 19.9 Å². The number of alkyl halides is 12. The molecule has 22 heteroatoms. The lowest BCUT2D eigenvalue weighted by Gasteiger charge is -2.18. The fourth-order valence-corrected chi connectivity index (χ4v) is 10.1. The van der Waals surface area contributed by atoms with Crippen LogP contribution >= 0.6 is 0 Å². The van der Waals surface area contributed by atoms with Crippen molar-refractivity contribution in [2.75, 3.05) is 7.11 Å². The maximum Gasteiger partial charge on any atom is 0.416 e. The minimum absolute atomic E-state index is 0.0339. The van der Waals surface area contributed by atoms with Gasteiger partial charge in [0.2, 0.25) is 23.0 Å². The number of pyridine rings is 1. The van der Waals surface area contributed by atoms with Crippen LogP contribution in [0.1, 0.15) is 124 Å². The standard InChI is InChI=1S/C52H48F12N6O4/c1-8-33-22(2)35-19-40-42(26(6)65-20-27-11-29(49(53,54)55)15-30(12-27)50(56,57)58)24(4)37(67-40)17-36-23(3)34(9-10-41(71)74-7)45(68-36)44-46-43(25(5)38(69-46)18-39(33)66-35)47(72)70(48(44)73)21-28-13-31(51(59,60)61)16-32(14-28)52(62,63)64/h11-19,22,26,33,65,67-68,72-73H,8-10,20-21H2,1-7H3/p+1/t22-,26?,33-/m1/s1. The van der Waals surface area contributed by atoms with E-state index in [-0.39, 0.29) is 64.5 Å². The quantitative estimate of drug-likeness (QED) is 0.0682. The van der Waals surface area contributed by atoms with Crippen molar-refractivity contribution in [2.45, 2.75) is 116 Å². The molecule has 8 rings (SSSR count). The van der Waals surface area contributed by atoms with E-state index in [4.69, 9.17) is 9.72 Å². The number of H-pyrrole nitrogens is 3. The van der Waals surface area contributed by atoms with Crippen molar-refractivity contribution in [3.8, 4) is 23.0 Å². The Morgan fingerprint density at radius 1 is 0.743 bits per heavy atom. The molecule has 5 aromatic rings. The second-order valence-corrected chi connectivity index (χ2v) is 18.7. The molecule has 2 aromatic carbocycles. The van der Waals surface area contributed by atoms with Gasteiger partial charge in [-0.3, -0.25) is 14.3 Å². The summed E-state index contributed by atoms with van der Waals surface area (Å²) in [5, 5.41) is 27.5. The van der Waals surface area contributed by atoms with Crippen molar-refractivity contribution in [3.63, 3.8) is 0 Å². The molecule has 0 saturated carbocycles. The molecular weight excluding hydrogens is 1000 g/mol. The van der Waals surface area contributed by atoms with Crippen LogP contribution in [0.4, 0.5) is 52.7 Å². The van der Waals surface area contributed by atoms with Gasteiger partial charge in [0.05, 0.1) is 47.1 Å². The molecule has 1 unspecified atom stereocenters. The van der Waals surface area contributed by atoms with Crippen molar-refractivity contribution >= 4 is 38.9 Å². The number of nitrogens with zero attached hydrogens (tertiary/aromatic N) is 2. The van der Waals surface area contributed by atoms with Crippen molar-refractivity contribution in [2.24, 2.45) is 0 Å². The number of fused-ring (bicyclic) bond motifs is 8. The highest BCUT2D eigenvalue weighted by Gasteiger charge is 2.40. The van der Waals surface area contributed by atoms with Crippen LogP contribution in [0, 0.1) is 20.8 Å². The van der Waals surface area contributed by atoms with Gasteiger partial charge in [-0.15, -0.1) is 0 Å². The summed E-state index contributed by atoms with van der Waals surface area (Å²) in [6.07, 6.45) is -20.2. The summed E-state index contributed by atoms with van der Waals surface area (Å²) in [4.78, 5) is 27.8. The zero-order chi connectivity index (χ0) is 54.3. The summed E-state index contributed by atoms with van der Waals surface area (Å²) in [7, 11) is 1.18. The molecule has 10 nitrogen and oxygen atoms in total. The van der Waals surface area contributed by atoms with Gasteiger partial charge in [-0.2, -0.15) is 52.7 Å². The molecule has 74 heavy (non-hydrogen) atoms. The van der Waals surface area contributed by atoms with Gasteiger partial charge in [0.25, 0.3) is 0 Å². The van der Waals surface area contributed by atoms with Gasteiger partial charge in [-0.05, 0) is 122 Å². The second kappa shape index (κ2) is 19.1. The van der Waals surface area contributed by atoms with E-state index in [1.165, 1.54) is 7.11 Å². The number of aromatic nitrogens is 5. The van der Waals surface area contributed by atoms with E-state index in [0.29, 0.717) is 92.0 Å². The third-order valence-electron chi connectivity index (χ3n) is 14.0. The molecule has 0 radical (unpaired) electrons. The van der Waals surface area contributed by atoms with E-state index < -0.39 is 89.4 Å². The van der Waals surface area contributed by atoms with Crippen molar-refractivity contribution in [1.82, 2.24) is 24.8 Å². The normalized spacial score (nSPS) is 15.7. The Morgan fingerprint density at radius 3 is 1.84 bits per heavy atom. The van der Waals surface area contributed by atoms with E-state index >= 15 is 0 Å². The number of aromatic amines is 3. The summed E-state index contributed by atoms with van der Waals surface area (Å²) in [5.41, 5.74) is -1.31. The van der Waals surface area contributed by atoms with Gasteiger partial charge in [-0.1, -0.05) is 13.8 Å². The molecule has 0 amide bonds. The van der Waals surface area contributed by atoms with Crippen LogP contribution in [-0.2, 0) is 53.7 Å². The molecule has 3 atom stereocenters. The number of aromatic hydroxyl groups is 2. The monoisotopic (exact) mass is 1050 g/mol. The Labute approximate surface area is 414 Å². The number of halogens is 12. The van der Waals surface area contributed by atoms with Gasteiger partial charge in [0, 0.05) is 64.7 Å². The molecule has 0 aliphatic carbocycles. The molecule has 3 aromatic heterocycles. The first-order valence-electron chi connectivity index (χ1n) is 23.2. The zero-order valence-corrected chi connectivity index (χ0v) is 40.6. The predicted octanol–water partition coefficient (Wildman–Crippen LogP) is 13.6. The molecule has 394 valence electrons. The number of hydrogen-bond donors (Lipinski definition) is 5. The lowest BCUT2D eigenvalue weighted by molar-refractivity contribution is -0.326. The first kappa shape index (κ1) is 53.3. The highest BCUT2D eigenvalue weighted by atomic mass is 19.4. The SMILES string of the molecule is CC[C@H]1c2cc3[nH+]c4c(c(O)n(Cc5cc(C(F)(F)F)cc(C(F)(F)F)c5)c(O)c-4c3C)c3[nH]c(cc4[nH]c(cc(n2)[C@@H]1C)c(C(C)NCc1cc(C(F)(F)F)cc(C(F)(F)F)c1)c4C)c(C)c3CCC(=O)OC. The minimum atomic E-state index is -5.21. The Balaban J connectivity index is 1.43. The maximum absolute atomic E-state index is 14.1. The molecule has 6 N–H and O–H groups in total. The predicted molar refractivity (Wildman–Crippen MR) is 250 cm³/mol. The van der Waals surface area contributed by atoms with Crippen molar-refractivity contribution < 1.29 is 77.4 Å². The summed E-state index contributed by atoms with van der Waals surface area (Å²) in [6.45, 7) is 9.38. The van der Waals surface area contributed by atoms with Gasteiger partial charge < -0.3 is 30.2 Å². The van der Waals surface area contributed by atoms with Gasteiger partial charge in [0.15, 0.2) is 0 Å². The van der Waals surface area contributed by atoms with Crippen LogP contribution in [0.5, 0.6) is 11.8 Å². The summed E-state index contributed by atoms with van der Waals surface area (Å²) in [6, 6.07) is 6.84. The van der Waals surface area contributed by atoms with Crippen molar-refractivity contribution in [3.05, 3.63) is 127 Å². The van der Waals surface area contributed by atoms with Crippen LogP contribution in [0.3, 0.4) is 0 Å². The number of ether oxygens (including phenoxy) is 1. The molecular formula is C52H49F12N6O4+. The average molecular weight is 1050 g/mol. The Bertz CT molecular complexity index is 3370. The molecule has 0 spiro atoms. The Hall–Kier alpha value is -6.97. The van der Waals surface area contributed by atoms with Crippen LogP contribution in [0.25, 0.3) is 44.2 Å². The number of carbonyl (C=O) groups is 1. The zero-order valence-electron chi connectivity index (χ0n) is 40.6. The number of nitrogens with one attached hydrogen (secondary N) is 4. The van der Waals surface area contributed by atoms with Crippen LogP contribution in [0.15, 0.2) is 54.6 Å². The number of rotatable bonds is 10. The first-order valence-corrected chi connectivity index (χ1v) is 23.2. The lowest BCUT2D eigenvalue weighted by atomic mass is 9.89. The summed E-state index contributed by atoms with van der Waals surface area (Å²) in [5.74, 6) is -2.56. The number of hydrogen-bond acceptors (Lipinski definition) is 6. The van der Waals surface area contributed by atoms with Crippen molar-refractivity contribution in [1.29, 1.82) is 0 Å². The molecule has 0 fully saturated rings. The smallest absolute Gasteiger partial charge is 0.416 e. The van der Waals surface area contributed by atoms with E-state index in [9.17, 15) is 67.7 Å². The van der Waals surface area contributed by atoms with Crippen LogP contribution < -0.4 is 10.3 Å². The first-order chi connectivity index (χ1) is 34.4. The molecule has 6 heterocycles. The number of carbonyl (C=O) groups excluding carboxylic acids is 1. The highest BCUT2D eigenvalue weighted by molar-refractivity contribution is 6.02. The maximum atomic E-state index is 14.1. The van der Waals surface area contributed by atoms with Gasteiger partial charge >= 0.3 is 30.7 Å². The summed E-state index contributed by atoms with van der Waals surface area (Å²) >= 11 is 0. The minimum Gasteiger partial charge on any atom is -0.494 e. The number of benzene rings is 2. The van der Waals surface area contributed by atoms with E-state index in [2.05, 4.69) is 20.3 Å². The van der Waals surface area contributed by atoms with E-state index in [0.717, 1.165) is 4.57 Å². The van der Waals surface area contributed by atoms with Crippen LogP contribution in [0.2, 0.25) is 0 Å². The Morgan fingerprint density at radius 2 is 1.30 bits per heavy atom. The fraction of sp³-hybridized carbons (Fsp3) is 0.365. The second-order valence-electron chi connectivity index (χ2n) is 18.7. The number of esters is 1. The number of aryl methyl sites for hydroxylation is 4. The average Bonchev–Trinajstić information content (AvgIpc) is 4.00. The molecule has 8 bridgehead atoms. The molecule has 3 aliphatic rings. The largest absolute Gasteiger partial charge is 0.494 e. The Kier molecular flexibility index (Phi) is 13.7. The lowest BCUT2D eigenvalue weighted by Crippen LogP contribution is -2.20. The van der Waals surface area contributed by atoms with Gasteiger partial charge in [-0.25, -0.2) is 4.98 Å². The third-order valence-corrected chi connectivity index (χ3v) is 14.0. The molecule has 0 saturated heterocycles. The number of methoxy groups -OCH3 is 1. The van der Waals surface area contributed by atoms with Crippen LogP contribution in [-0.4, -0.2) is 42.8 Å². The fourth-order valence-electron chi connectivity index (χ4n) is 10.1. The third kappa shape index (κ3) is 10.0. The molecule has 3 aliphatic heterocycles. The highest BCUT2D eigenvalue weighted by Crippen LogP contribution is 2.47. The topological polar surface area (TPSA) is 142 Å². The summed E-state index contributed by atoms with van der Waals surface area (Å²) < 4.78 is 173.